The van der Waals surface area contributed by atoms with Gasteiger partial charge >= 0.3 is 23.9 Å². The van der Waals surface area contributed by atoms with Gasteiger partial charge in [-0.05, 0) is 149 Å². The highest BCUT2D eigenvalue weighted by Gasteiger charge is 2.16. The zero-order valence-corrected chi connectivity index (χ0v) is 37.7. The van der Waals surface area contributed by atoms with E-state index < -0.39 is 23.9 Å². The molecule has 67 heavy (non-hydrogen) atoms. The van der Waals surface area contributed by atoms with E-state index in [0.29, 0.717) is 54.6 Å². The Bertz CT molecular complexity index is 2700. The number of benzene rings is 5. The lowest BCUT2D eigenvalue weighted by molar-refractivity contribution is -0.138. The number of unbranched alkanes of at least 4 members (excludes halogenated alkanes) is 6. The molecule has 0 N–H and O–H groups in total. The molecule has 0 atom stereocenters. The van der Waals surface area contributed by atoms with Gasteiger partial charge in [-0.15, -0.1) is 0 Å². The van der Waals surface area contributed by atoms with Crippen LogP contribution >= 0.6 is 0 Å². The Labute approximate surface area is 390 Å². The first-order valence-electron chi connectivity index (χ1n) is 22.5. The largest absolute Gasteiger partial charge is 0.494 e. The summed E-state index contributed by atoms with van der Waals surface area (Å²) in [5, 5.41) is 10.9. The maximum Gasteiger partial charge on any atom is 0.343 e. The van der Waals surface area contributed by atoms with E-state index in [1.807, 2.05) is 18.2 Å². The first-order chi connectivity index (χ1) is 32.8. The number of aromatic nitrogens is 1. The Morgan fingerprint density at radius 3 is 1.64 bits per heavy atom. The third kappa shape index (κ3) is 14.6. The van der Waals surface area contributed by atoms with Crippen molar-refractivity contribution in [3.05, 3.63) is 157 Å². The van der Waals surface area contributed by atoms with Crippen LogP contribution < -0.4 is 18.9 Å². The number of aryl methyl sites for hydroxylation is 1. The van der Waals surface area contributed by atoms with Gasteiger partial charge in [0.05, 0.1) is 50.0 Å². The van der Waals surface area contributed by atoms with Crippen molar-refractivity contribution in [1.29, 1.82) is 0 Å². The van der Waals surface area contributed by atoms with Crippen LogP contribution in [-0.2, 0) is 25.6 Å². The molecule has 6 rings (SSSR count). The van der Waals surface area contributed by atoms with Crippen LogP contribution in [0.15, 0.2) is 145 Å². The van der Waals surface area contributed by atoms with Gasteiger partial charge in [0, 0.05) is 46.1 Å². The Hall–Kier alpha value is -7.80. The van der Waals surface area contributed by atoms with Gasteiger partial charge in [0.1, 0.15) is 23.0 Å². The summed E-state index contributed by atoms with van der Waals surface area (Å²) in [5.74, 6) is -0.439. The minimum absolute atomic E-state index is 0.176. The van der Waals surface area contributed by atoms with Gasteiger partial charge in [-0.25, -0.2) is 19.2 Å². The molecule has 0 amide bonds. The maximum atomic E-state index is 13.4. The average Bonchev–Trinajstić information content (AvgIpc) is 3.68. The number of carbonyl (C=O) groups is 4. The molecule has 0 aliphatic carbocycles. The van der Waals surface area contributed by atoms with Gasteiger partial charge in [-0.1, -0.05) is 37.4 Å². The van der Waals surface area contributed by atoms with Crippen LogP contribution in [0.4, 0.5) is 0 Å². The van der Waals surface area contributed by atoms with Gasteiger partial charge in [0.2, 0.25) is 0 Å². The number of para-hydroxylation sites is 1. The Morgan fingerprint density at radius 2 is 1.06 bits per heavy atom. The zero-order chi connectivity index (χ0) is 47.2. The number of nitrogens with zero attached hydrogens (tertiary/aromatic N) is 3. The second-order valence-electron chi connectivity index (χ2n) is 15.3. The molecule has 0 aliphatic heterocycles. The van der Waals surface area contributed by atoms with Gasteiger partial charge in [0.15, 0.2) is 0 Å². The van der Waals surface area contributed by atoms with Crippen molar-refractivity contribution in [2.75, 3.05) is 26.4 Å². The van der Waals surface area contributed by atoms with E-state index in [4.69, 9.17) is 28.4 Å². The van der Waals surface area contributed by atoms with Gasteiger partial charge in [-0.2, -0.15) is 10.2 Å². The fourth-order valence-corrected chi connectivity index (χ4v) is 7.13. The van der Waals surface area contributed by atoms with Crippen molar-refractivity contribution in [3.8, 4) is 23.0 Å². The molecule has 0 saturated carbocycles. The summed E-state index contributed by atoms with van der Waals surface area (Å²) in [6.45, 7) is 11.5. The van der Waals surface area contributed by atoms with Gasteiger partial charge in [0.25, 0.3) is 0 Å². The maximum absolute atomic E-state index is 13.4. The number of carbonyl (C=O) groups excluding carboxylic acids is 4. The van der Waals surface area contributed by atoms with Gasteiger partial charge in [-0.3, -0.25) is 0 Å². The molecule has 1 heterocycles. The van der Waals surface area contributed by atoms with Crippen LogP contribution in [0.3, 0.4) is 0 Å². The summed E-state index contributed by atoms with van der Waals surface area (Å²) < 4.78 is 35.6. The third-order valence-corrected chi connectivity index (χ3v) is 10.6. The second kappa shape index (κ2) is 25.6. The fourth-order valence-electron chi connectivity index (χ4n) is 7.13. The van der Waals surface area contributed by atoms with Crippen molar-refractivity contribution in [1.82, 2.24) is 4.57 Å². The highest BCUT2D eigenvalue weighted by atomic mass is 16.5. The van der Waals surface area contributed by atoms with Crippen LogP contribution in [0.2, 0.25) is 0 Å². The molecule has 1 aromatic heterocycles. The van der Waals surface area contributed by atoms with E-state index in [0.717, 1.165) is 97.4 Å². The van der Waals surface area contributed by atoms with Crippen molar-refractivity contribution in [3.63, 3.8) is 0 Å². The molecule has 0 radical (unpaired) electrons. The average molecular weight is 906 g/mol. The van der Waals surface area contributed by atoms with E-state index in [-0.39, 0.29) is 11.5 Å². The first kappa shape index (κ1) is 48.7. The normalized spacial score (nSPS) is 11.2. The number of rotatable bonds is 26. The molecule has 5 aromatic carbocycles. The summed E-state index contributed by atoms with van der Waals surface area (Å²) in [6.07, 6.45) is 12.2. The Kier molecular flexibility index (Phi) is 18.6. The standard InChI is InChI=1S/C54H55N3O10/c1-4-51(58)64-33-15-9-7-13-31-62-43-24-20-40(21-25-43)53(60)66-45-28-30-50(67-54(61)41-22-26-44(27-23-41)63-32-14-8-10-16-34-65-52(59)5-2)42(36-45)38-56-55-37-39-19-29-49-47(35-39)46-17-11-12-18-48(46)57(49)6-3/h4-5,11-12,17-30,35-38H,1-2,6-10,13-16,31-34H2,3H3. The minimum Gasteiger partial charge on any atom is -0.494 e. The fraction of sp³-hybridized carbons (Fsp3) is 0.259. The lowest BCUT2D eigenvalue weighted by Crippen LogP contribution is -2.11. The van der Waals surface area contributed by atoms with E-state index in [9.17, 15) is 19.2 Å². The molecule has 0 aliphatic rings. The van der Waals surface area contributed by atoms with Crippen LogP contribution in [0.5, 0.6) is 23.0 Å². The zero-order valence-electron chi connectivity index (χ0n) is 37.7. The highest BCUT2D eigenvalue weighted by molar-refractivity contribution is 6.09. The van der Waals surface area contributed by atoms with Crippen LogP contribution in [0, 0.1) is 0 Å². The van der Waals surface area contributed by atoms with Gasteiger partial charge < -0.3 is 33.0 Å². The molecule has 13 nitrogen and oxygen atoms in total. The number of ether oxygens (including phenoxy) is 6. The van der Waals surface area contributed by atoms with E-state index >= 15 is 0 Å². The molecule has 346 valence electrons. The molecule has 0 unspecified atom stereocenters. The van der Waals surface area contributed by atoms with Crippen molar-refractivity contribution in [2.45, 2.75) is 64.8 Å². The molecule has 0 fully saturated rings. The quantitative estimate of drug-likeness (QED) is 0.0128. The molecular formula is C54H55N3O10. The first-order valence-corrected chi connectivity index (χ1v) is 22.5. The summed E-state index contributed by atoms with van der Waals surface area (Å²) in [5.41, 5.74) is 4.11. The summed E-state index contributed by atoms with van der Waals surface area (Å²) >= 11 is 0. The number of fused-ring (bicyclic) bond motifs is 3. The van der Waals surface area contributed by atoms with Crippen molar-refractivity contribution in [2.24, 2.45) is 10.2 Å². The minimum atomic E-state index is -0.611. The van der Waals surface area contributed by atoms with E-state index in [2.05, 4.69) is 59.1 Å². The predicted molar refractivity (Wildman–Crippen MR) is 260 cm³/mol. The number of hydrogen-bond donors (Lipinski definition) is 0. The molecule has 6 aromatic rings. The van der Waals surface area contributed by atoms with Crippen molar-refractivity contribution < 1.29 is 47.6 Å². The number of esters is 4. The van der Waals surface area contributed by atoms with Crippen molar-refractivity contribution >= 4 is 58.1 Å². The molecule has 0 bridgehead atoms. The lowest BCUT2D eigenvalue weighted by Gasteiger charge is -2.11. The Balaban J connectivity index is 1.08. The topological polar surface area (TPSA) is 153 Å². The molecule has 0 spiro atoms. The lowest BCUT2D eigenvalue weighted by atomic mass is 10.1. The predicted octanol–water partition coefficient (Wildman–Crippen LogP) is 11.0. The van der Waals surface area contributed by atoms with Crippen LogP contribution in [0.1, 0.15) is 90.1 Å². The smallest absolute Gasteiger partial charge is 0.343 e. The molecule has 0 saturated heterocycles. The number of hydrogen-bond acceptors (Lipinski definition) is 12. The monoisotopic (exact) mass is 905 g/mol. The van der Waals surface area contributed by atoms with E-state index in [1.54, 1.807) is 60.8 Å². The summed E-state index contributed by atoms with van der Waals surface area (Å²) in [6, 6.07) is 32.4. The Morgan fingerprint density at radius 1 is 0.537 bits per heavy atom. The molecular weight excluding hydrogens is 851 g/mol. The van der Waals surface area contributed by atoms with Crippen LogP contribution in [-0.4, -0.2) is 67.3 Å². The van der Waals surface area contributed by atoms with Crippen LogP contribution in [0.25, 0.3) is 21.8 Å². The summed E-state index contributed by atoms with van der Waals surface area (Å²) in [4.78, 5) is 49.0. The highest BCUT2D eigenvalue weighted by Crippen LogP contribution is 2.30. The van der Waals surface area contributed by atoms with E-state index in [1.165, 1.54) is 18.3 Å². The third-order valence-electron chi connectivity index (χ3n) is 10.6. The second-order valence-corrected chi connectivity index (χ2v) is 15.3. The summed E-state index contributed by atoms with van der Waals surface area (Å²) in [7, 11) is 0. The SMILES string of the molecule is C=CC(=O)OCCCCCCOc1ccc(C(=O)Oc2ccc(OC(=O)c3ccc(OCCCCCCOC(=O)C=C)cc3)c(C=NN=Cc3ccc4c(c3)c3ccccc3n4CC)c2)cc1. The molecule has 13 heteroatoms.